The third-order valence-electron chi connectivity index (χ3n) is 3.80. The third kappa shape index (κ3) is 6.51. The number of rotatable bonds is 5. The van der Waals surface area contributed by atoms with Crippen molar-refractivity contribution in [2.75, 3.05) is 0 Å². The van der Waals surface area contributed by atoms with Crippen molar-refractivity contribution in [1.29, 1.82) is 0 Å². The molecule has 0 spiro atoms. The van der Waals surface area contributed by atoms with Crippen LogP contribution in [0.3, 0.4) is 0 Å². The Morgan fingerprint density at radius 3 is 2.76 bits per heavy atom. The minimum Gasteiger partial charge on any atom is -0.350 e. The van der Waals surface area contributed by atoms with E-state index >= 15 is 0 Å². The smallest absolute Gasteiger partial charge is 0.220 e. The first-order valence-electron chi connectivity index (χ1n) is 7.15. The number of nitrogens with one attached hydrogen (secondary N) is 1. The first kappa shape index (κ1) is 20.6. The summed E-state index contributed by atoms with van der Waals surface area (Å²) >= 11 is 1.67. The Kier molecular flexibility index (Phi) is 10.2. The Morgan fingerprint density at radius 2 is 2.14 bits per heavy atom. The average Bonchev–Trinajstić information content (AvgIpc) is 2.87. The molecule has 1 fully saturated rings. The maximum absolute atomic E-state index is 11.9. The van der Waals surface area contributed by atoms with Crippen LogP contribution in [-0.4, -0.2) is 16.9 Å². The number of hydrogen-bond acceptors (Lipinski definition) is 4. The topological polar surface area (TPSA) is 68.0 Å². The van der Waals surface area contributed by atoms with Crippen LogP contribution in [0, 0.1) is 5.92 Å². The van der Waals surface area contributed by atoms with Crippen molar-refractivity contribution in [3.05, 3.63) is 16.1 Å². The number of amides is 1. The summed E-state index contributed by atoms with van der Waals surface area (Å²) in [6, 6.07) is 0.200. The molecule has 122 valence electrons. The van der Waals surface area contributed by atoms with Crippen molar-refractivity contribution < 1.29 is 4.79 Å². The van der Waals surface area contributed by atoms with E-state index in [-0.39, 0.29) is 36.8 Å². The van der Waals surface area contributed by atoms with Gasteiger partial charge in [-0.15, -0.1) is 36.2 Å². The van der Waals surface area contributed by atoms with Gasteiger partial charge in [-0.1, -0.05) is 19.8 Å². The molecule has 2 unspecified atom stereocenters. The van der Waals surface area contributed by atoms with Crippen LogP contribution in [0.25, 0.3) is 0 Å². The van der Waals surface area contributed by atoms with Crippen molar-refractivity contribution in [1.82, 2.24) is 10.3 Å². The number of aromatic nitrogens is 1. The van der Waals surface area contributed by atoms with Gasteiger partial charge >= 0.3 is 0 Å². The number of thiazole rings is 1. The van der Waals surface area contributed by atoms with Crippen LogP contribution >= 0.6 is 36.2 Å². The minimum atomic E-state index is 0. The summed E-state index contributed by atoms with van der Waals surface area (Å²) in [6.07, 6.45) is 8.02. The monoisotopic (exact) mass is 353 g/mol. The number of carbonyl (C=O) groups is 1. The van der Waals surface area contributed by atoms with Gasteiger partial charge in [-0.2, -0.15) is 0 Å². The van der Waals surface area contributed by atoms with Crippen molar-refractivity contribution in [3.63, 3.8) is 0 Å². The summed E-state index contributed by atoms with van der Waals surface area (Å²) in [4.78, 5) is 17.5. The number of nitrogens with two attached hydrogens (primary N) is 1. The highest BCUT2D eigenvalue weighted by atomic mass is 35.5. The zero-order valence-electron chi connectivity index (χ0n) is 12.3. The molecule has 1 saturated carbocycles. The van der Waals surface area contributed by atoms with E-state index in [4.69, 9.17) is 5.73 Å². The summed E-state index contributed by atoms with van der Waals surface area (Å²) in [5.41, 5.74) is 6.07. The van der Waals surface area contributed by atoms with Crippen molar-refractivity contribution in [2.24, 2.45) is 11.7 Å². The van der Waals surface area contributed by atoms with E-state index in [9.17, 15) is 4.79 Å². The molecular formula is C14H25Cl2N3OS. The fourth-order valence-corrected chi connectivity index (χ4v) is 3.37. The zero-order chi connectivity index (χ0) is 13.7. The number of aryl methyl sites for hydroxylation is 1. The molecule has 1 aromatic heterocycles. The lowest BCUT2D eigenvalue weighted by molar-refractivity contribution is -0.122. The van der Waals surface area contributed by atoms with Crippen LogP contribution in [-0.2, 0) is 17.8 Å². The summed E-state index contributed by atoms with van der Waals surface area (Å²) < 4.78 is 0. The van der Waals surface area contributed by atoms with Gasteiger partial charge in [-0.3, -0.25) is 4.79 Å². The van der Waals surface area contributed by atoms with Crippen LogP contribution in [0.5, 0.6) is 0 Å². The molecule has 21 heavy (non-hydrogen) atoms. The van der Waals surface area contributed by atoms with Crippen molar-refractivity contribution in [3.8, 4) is 0 Å². The highest BCUT2D eigenvalue weighted by Crippen LogP contribution is 2.25. The predicted molar refractivity (Wildman–Crippen MR) is 92.4 cm³/mol. The molecule has 0 radical (unpaired) electrons. The van der Waals surface area contributed by atoms with E-state index in [1.807, 2.05) is 6.20 Å². The van der Waals surface area contributed by atoms with Crippen LogP contribution in [0.1, 0.15) is 48.9 Å². The highest BCUT2D eigenvalue weighted by Gasteiger charge is 2.23. The van der Waals surface area contributed by atoms with Gasteiger partial charge in [0.2, 0.25) is 5.91 Å². The molecular weight excluding hydrogens is 329 g/mol. The van der Waals surface area contributed by atoms with Gasteiger partial charge in [0, 0.05) is 23.5 Å². The molecule has 1 amide bonds. The fraction of sp³-hybridized carbons (Fsp3) is 0.714. The first-order valence-corrected chi connectivity index (χ1v) is 7.96. The van der Waals surface area contributed by atoms with Gasteiger partial charge in [-0.05, 0) is 25.2 Å². The average molecular weight is 354 g/mol. The summed E-state index contributed by atoms with van der Waals surface area (Å²) in [7, 11) is 0. The lowest BCUT2D eigenvalue weighted by atomic mass is 9.83. The molecule has 1 heterocycles. The maximum Gasteiger partial charge on any atom is 0.220 e. The van der Waals surface area contributed by atoms with E-state index in [1.165, 1.54) is 17.7 Å². The number of carbonyl (C=O) groups excluding carboxylic acids is 1. The molecule has 0 aromatic carbocycles. The van der Waals surface area contributed by atoms with Gasteiger partial charge in [0.15, 0.2) is 0 Å². The van der Waals surface area contributed by atoms with Crippen LogP contribution in [0.2, 0.25) is 0 Å². The SMILES string of the molecule is CCc1cnc(CNC(=O)CC2CCCCC2N)s1.Cl.Cl. The largest absolute Gasteiger partial charge is 0.350 e. The van der Waals surface area contributed by atoms with Gasteiger partial charge in [0.25, 0.3) is 0 Å². The second-order valence-electron chi connectivity index (χ2n) is 5.26. The van der Waals surface area contributed by atoms with Gasteiger partial charge in [0.1, 0.15) is 5.01 Å². The van der Waals surface area contributed by atoms with Crippen LogP contribution in [0.4, 0.5) is 0 Å². The quantitative estimate of drug-likeness (QED) is 0.854. The van der Waals surface area contributed by atoms with E-state index < -0.39 is 0 Å². The van der Waals surface area contributed by atoms with E-state index in [0.717, 1.165) is 24.3 Å². The normalized spacial score (nSPS) is 21.0. The molecule has 4 nitrogen and oxygen atoms in total. The molecule has 7 heteroatoms. The lowest BCUT2D eigenvalue weighted by Gasteiger charge is -2.27. The summed E-state index contributed by atoms with van der Waals surface area (Å²) in [5.74, 6) is 0.465. The molecule has 2 rings (SSSR count). The Labute approximate surface area is 143 Å². The Hall–Kier alpha value is -0.360. The van der Waals surface area contributed by atoms with Crippen LogP contribution in [0.15, 0.2) is 6.20 Å². The molecule has 0 aliphatic heterocycles. The lowest BCUT2D eigenvalue weighted by Crippen LogP contribution is -2.36. The minimum absolute atomic E-state index is 0. The summed E-state index contributed by atoms with van der Waals surface area (Å²) in [5, 5.41) is 3.94. The molecule has 2 atom stereocenters. The molecule has 1 aliphatic rings. The van der Waals surface area contributed by atoms with E-state index in [2.05, 4.69) is 17.2 Å². The molecule has 3 N–H and O–H groups in total. The zero-order valence-corrected chi connectivity index (χ0v) is 14.8. The van der Waals surface area contributed by atoms with Gasteiger partial charge in [-0.25, -0.2) is 4.98 Å². The summed E-state index contributed by atoms with van der Waals surface area (Å²) in [6.45, 7) is 2.66. The highest BCUT2D eigenvalue weighted by molar-refractivity contribution is 7.11. The van der Waals surface area contributed by atoms with E-state index in [1.54, 1.807) is 11.3 Å². The Morgan fingerprint density at radius 1 is 1.43 bits per heavy atom. The molecule has 0 saturated heterocycles. The second kappa shape index (κ2) is 10.4. The standard InChI is InChI=1S/C14H23N3OS.2ClH/c1-2-11-8-17-14(19-11)9-16-13(18)7-10-5-3-4-6-12(10)15;;/h8,10,12H,2-7,9,15H2,1H3,(H,16,18);2*1H. The van der Waals surface area contributed by atoms with Crippen molar-refractivity contribution in [2.45, 2.75) is 58.0 Å². The van der Waals surface area contributed by atoms with Crippen LogP contribution < -0.4 is 11.1 Å². The number of nitrogens with zero attached hydrogens (tertiary/aromatic N) is 1. The molecule has 1 aromatic rings. The van der Waals surface area contributed by atoms with Gasteiger partial charge < -0.3 is 11.1 Å². The fourth-order valence-electron chi connectivity index (χ4n) is 2.57. The first-order chi connectivity index (χ1) is 9.19. The second-order valence-corrected chi connectivity index (χ2v) is 6.46. The predicted octanol–water partition coefficient (Wildman–Crippen LogP) is 3.07. The van der Waals surface area contributed by atoms with E-state index in [0.29, 0.717) is 18.9 Å². The Bertz CT molecular complexity index is 428. The molecule has 0 bridgehead atoms. The number of hydrogen-bond donors (Lipinski definition) is 2. The maximum atomic E-state index is 11.9. The number of halogens is 2. The Balaban J connectivity index is 0.00000200. The third-order valence-corrected chi connectivity index (χ3v) is 4.94. The molecule has 1 aliphatic carbocycles. The van der Waals surface area contributed by atoms with Gasteiger partial charge in [0.05, 0.1) is 6.54 Å². The van der Waals surface area contributed by atoms with Crippen molar-refractivity contribution >= 4 is 42.1 Å².